The van der Waals surface area contributed by atoms with Crippen LogP contribution >= 0.6 is 0 Å². The summed E-state index contributed by atoms with van der Waals surface area (Å²) in [4.78, 5) is 0. The second-order valence-corrected chi connectivity index (χ2v) is 11.9. The number of aryl methyl sites for hydroxylation is 1. The molecule has 3 aliphatic carbocycles. The van der Waals surface area contributed by atoms with Gasteiger partial charge in [-0.25, -0.2) is 0 Å². The Balaban J connectivity index is 0.983. The van der Waals surface area contributed by atoms with Crippen molar-refractivity contribution in [2.45, 2.75) is 56.1 Å². The molecule has 3 aromatic carbocycles. The third-order valence-electron chi connectivity index (χ3n) is 9.04. The number of hydrogen-bond acceptors (Lipinski definition) is 5. The van der Waals surface area contributed by atoms with Crippen molar-refractivity contribution in [2.24, 2.45) is 11.8 Å². The van der Waals surface area contributed by atoms with Crippen LogP contribution in [-0.2, 0) is 38.0 Å². The molecule has 0 amide bonds. The lowest BCUT2D eigenvalue weighted by Crippen LogP contribution is -2.58. The van der Waals surface area contributed by atoms with E-state index in [0.717, 1.165) is 37.7 Å². The number of allylic oxidation sites excluding steroid dienone is 1. The van der Waals surface area contributed by atoms with Crippen LogP contribution in [0.1, 0.15) is 42.4 Å². The summed E-state index contributed by atoms with van der Waals surface area (Å²) in [6.07, 6.45) is 9.39. The molecule has 1 aliphatic heterocycles. The molecule has 38 heavy (non-hydrogen) atoms. The Morgan fingerprint density at radius 3 is 2.66 bits per heavy atom. The van der Waals surface area contributed by atoms with Crippen LogP contribution in [0.2, 0.25) is 0 Å². The minimum atomic E-state index is -1.89. The van der Waals surface area contributed by atoms with E-state index in [-0.39, 0.29) is 17.3 Å². The van der Waals surface area contributed by atoms with E-state index in [9.17, 15) is 9.32 Å². The predicted molar refractivity (Wildman–Crippen MR) is 147 cm³/mol. The lowest BCUT2D eigenvalue weighted by molar-refractivity contribution is -0.0177. The molecule has 0 radical (unpaired) electrons. The first-order valence-corrected chi connectivity index (χ1v) is 14.7. The highest BCUT2D eigenvalue weighted by Gasteiger charge is 2.63. The van der Waals surface area contributed by atoms with E-state index in [1.807, 2.05) is 24.3 Å². The molecular formula is C32H32O5S. The standard InChI is InChI=1S/C32H32O5S/c33-27-16-14-25-20-24-9-4-18-32-26(24)15-17-28(31(32)36-30(27)29(25)32)37-38(34)35-19-5-6-21-10-12-23(13-11-21)22-7-2-1-3-8-22/h1-3,7-8,10-17,24,26,28,31,33H,4-6,9,18-20H2. The highest BCUT2D eigenvalue weighted by atomic mass is 32.2. The van der Waals surface area contributed by atoms with Gasteiger partial charge in [-0.05, 0) is 72.3 Å². The van der Waals surface area contributed by atoms with Crippen molar-refractivity contribution in [3.05, 3.63) is 95.6 Å². The number of rotatable bonds is 8. The average molecular weight is 529 g/mol. The van der Waals surface area contributed by atoms with Crippen LogP contribution in [-0.4, -0.2) is 28.1 Å². The first-order chi connectivity index (χ1) is 18.6. The van der Waals surface area contributed by atoms with Crippen molar-refractivity contribution >= 4 is 11.4 Å². The molecule has 0 aromatic heterocycles. The van der Waals surface area contributed by atoms with Gasteiger partial charge < -0.3 is 9.84 Å². The van der Waals surface area contributed by atoms with Crippen molar-refractivity contribution in [3.8, 4) is 22.6 Å². The maximum absolute atomic E-state index is 12.8. The van der Waals surface area contributed by atoms with Crippen LogP contribution in [0.25, 0.3) is 11.1 Å². The van der Waals surface area contributed by atoms with Crippen molar-refractivity contribution in [1.29, 1.82) is 0 Å². The highest BCUT2D eigenvalue weighted by Crippen LogP contribution is 2.64. The Hall–Kier alpha value is -2.93. The largest absolute Gasteiger partial charge is 0.504 e. The van der Waals surface area contributed by atoms with E-state index in [1.165, 1.54) is 28.7 Å². The molecule has 5 nitrogen and oxygen atoms in total. The third kappa shape index (κ3) is 3.93. The smallest absolute Gasteiger partial charge is 0.305 e. The van der Waals surface area contributed by atoms with E-state index < -0.39 is 17.5 Å². The van der Waals surface area contributed by atoms with Gasteiger partial charge >= 0.3 is 11.4 Å². The molecular weight excluding hydrogens is 496 g/mol. The Morgan fingerprint density at radius 1 is 1.00 bits per heavy atom. The zero-order chi connectivity index (χ0) is 25.7. The van der Waals surface area contributed by atoms with E-state index in [4.69, 9.17) is 13.1 Å². The maximum atomic E-state index is 12.8. The lowest BCUT2D eigenvalue weighted by atomic mass is 9.50. The number of phenols is 1. The van der Waals surface area contributed by atoms with Gasteiger partial charge in [-0.15, -0.1) is 0 Å². The van der Waals surface area contributed by atoms with E-state index in [2.05, 4.69) is 48.5 Å². The Labute approximate surface area is 226 Å². The van der Waals surface area contributed by atoms with Gasteiger partial charge in [0.1, 0.15) is 12.2 Å². The quantitative estimate of drug-likeness (QED) is 0.278. The molecule has 1 fully saturated rings. The molecule has 4 aliphatic rings. The fraction of sp³-hybridized carbons (Fsp3) is 0.375. The fourth-order valence-corrected chi connectivity index (χ4v) is 8.12. The molecule has 1 heterocycles. The first-order valence-electron chi connectivity index (χ1n) is 13.7. The van der Waals surface area contributed by atoms with Gasteiger partial charge in [0.25, 0.3) is 0 Å². The van der Waals surface area contributed by atoms with Crippen LogP contribution in [0.4, 0.5) is 0 Å². The molecule has 7 rings (SSSR count). The second kappa shape index (κ2) is 9.67. The minimum absolute atomic E-state index is 0.184. The summed E-state index contributed by atoms with van der Waals surface area (Å²) in [5, 5.41) is 10.6. The van der Waals surface area contributed by atoms with Crippen LogP contribution < -0.4 is 4.74 Å². The molecule has 2 bridgehead atoms. The zero-order valence-electron chi connectivity index (χ0n) is 21.3. The molecule has 6 unspecified atom stereocenters. The summed E-state index contributed by atoms with van der Waals surface area (Å²) in [6, 6.07) is 22.7. The van der Waals surface area contributed by atoms with Crippen LogP contribution in [0, 0.1) is 11.8 Å². The molecule has 196 valence electrons. The first kappa shape index (κ1) is 24.1. The number of benzene rings is 3. The SMILES string of the molecule is O=S(OCCCc1ccc(-c2ccccc2)cc1)OC1C=CC2C3CCCC24c2c(ccc(O)c2OC14)C3. The molecule has 6 atom stereocenters. The summed E-state index contributed by atoms with van der Waals surface area (Å²) in [5.41, 5.74) is 5.84. The summed E-state index contributed by atoms with van der Waals surface area (Å²) in [6.45, 7) is 0.343. The summed E-state index contributed by atoms with van der Waals surface area (Å²) >= 11 is -1.89. The van der Waals surface area contributed by atoms with Gasteiger partial charge in [-0.2, -0.15) is 4.21 Å². The van der Waals surface area contributed by atoms with Gasteiger partial charge in [-0.3, -0.25) is 8.37 Å². The number of hydrogen-bond donors (Lipinski definition) is 1. The van der Waals surface area contributed by atoms with Crippen molar-refractivity contribution in [2.75, 3.05) is 6.61 Å². The summed E-state index contributed by atoms with van der Waals surface area (Å²) in [5.74, 6) is 1.71. The van der Waals surface area contributed by atoms with Gasteiger partial charge in [0, 0.05) is 11.0 Å². The Kier molecular flexibility index (Phi) is 6.14. The molecule has 6 heteroatoms. The van der Waals surface area contributed by atoms with E-state index in [0.29, 0.717) is 24.2 Å². The molecule has 1 spiro atoms. The van der Waals surface area contributed by atoms with Crippen LogP contribution in [0.5, 0.6) is 11.5 Å². The molecule has 1 N–H and O–H groups in total. The van der Waals surface area contributed by atoms with Gasteiger partial charge in [0.2, 0.25) is 0 Å². The number of ether oxygens (including phenoxy) is 1. The monoisotopic (exact) mass is 528 g/mol. The Morgan fingerprint density at radius 2 is 1.82 bits per heavy atom. The summed E-state index contributed by atoms with van der Waals surface area (Å²) in [7, 11) is 0. The van der Waals surface area contributed by atoms with E-state index >= 15 is 0 Å². The van der Waals surface area contributed by atoms with Crippen LogP contribution in [0.15, 0.2) is 78.9 Å². The lowest BCUT2D eigenvalue weighted by Gasteiger charge is -2.53. The van der Waals surface area contributed by atoms with Gasteiger partial charge in [-0.1, -0.05) is 79.2 Å². The highest BCUT2D eigenvalue weighted by molar-refractivity contribution is 7.75. The molecule has 1 saturated carbocycles. The third-order valence-corrected chi connectivity index (χ3v) is 9.78. The van der Waals surface area contributed by atoms with E-state index in [1.54, 1.807) is 6.07 Å². The topological polar surface area (TPSA) is 65.0 Å². The van der Waals surface area contributed by atoms with Gasteiger partial charge in [0.05, 0.1) is 6.61 Å². The number of phenolic OH excluding ortho intramolecular Hbond substituents is 1. The molecule has 3 aromatic rings. The maximum Gasteiger partial charge on any atom is 0.305 e. The number of aromatic hydroxyl groups is 1. The van der Waals surface area contributed by atoms with Crippen molar-refractivity contribution < 1.29 is 22.4 Å². The summed E-state index contributed by atoms with van der Waals surface area (Å²) < 4.78 is 30.8. The Bertz CT molecular complexity index is 1380. The minimum Gasteiger partial charge on any atom is -0.504 e. The second-order valence-electron chi connectivity index (χ2n) is 11.0. The predicted octanol–water partition coefficient (Wildman–Crippen LogP) is 6.21. The average Bonchev–Trinajstić information content (AvgIpc) is 3.29. The van der Waals surface area contributed by atoms with Gasteiger partial charge in [0.15, 0.2) is 11.5 Å². The van der Waals surface area contributed by atoms with Crippen LogP contribution in [0.3, 0.4) is 0 Å². The zero-order valence-corrected chi connectivity index (χ0v) is 22.1. The van der Waals surface area contributed by atoms with Crippen molar-refractivity contribution in [3.63, 3.8) is 0 Å². The normalized spacial score (nSPS) is 28.9. The fourth-order valence-electron chi connectivity index (χ4n) is 7.46. The molecule has 0 saturated heterocycles. The van der Waals surface area contributed by atoms with Crippen molar-refractivity contribution in [1.82, 2.24) is 0 Å².